The summed E-state index contributed by atoms with van der Waals surface area (Å²) in [4.78, 5) is 9.34. The summed E-state index contributed by atoms with van der Waals surface area (Å²) in [6.45, 7) is 2.65. The van der Waals surface area contributed by atoms with Crippen molar-refractivity contribution in [2.75, 3.05) is 10.6 Å². The minimum Gasteiger partial charge on any atom is -0.365 e. The van der Waals surface area contributed by atoms with Gasteiger partial charge in [0.25, 0.3) is 0 Å². The lowest BCUT2D eigenvalue weighted by Gasteiger charge is -2.13. The summed E-state index contributed by atoms with van der Waals surface area (Å²) in [5, 5.41) is 8.41. The fourth-order valence-electron chi connectivity index (χ4n) is 2.94. The quantitative estimate of drug-likeness (QED) is 0.453. The summed E-state index contributed by atoms with van der Waals surface area (Å²) in [6, 6.07) is 23.9. The van der Waals surface area contributed by atoms with E-state index in [9.17, 15) is 0 Å². The molecule has 4 rings (SSSR count). The van der Waals surface area contributed by atoms with Gasteiger partial charge in [-0.25, -0.2) is 4.98 Å². The SMILES string of the molecule is Cc1cccc(Nc2nc(NCc3ccccc3Cl)c3ccccc3n2)c1. The van der Waals surface area contributed by atoms with Gasteiger partial charge in [-0.05, 0) is 48.4 Å². The Morgan fingerprint density at radius 1 is 0.889 bits per heavy atom. The minimum atomic E-state index is 0.556. The van der Waals surface area contributed by atoms with Gasteiger partial charge in [-0.1, -0.05) is 54.1 Å². The molecule has 4 nitrogen and oxygen atoms in total. The van der Waals surface area contributed by atoms with Crippen molar-refractivity contribution in [3.05, 3.63) is 88.9 Å². The van der Waals surface area contributed by atoms with Gasteiger partial charge in [0.1, 0.15) is 5.82 Å². The molecule has 0 saturated heterocycles. The van der Waals surface area contributed by atoms with E-state index in [1.165, 1.54) is 5.56 Å². The fourth-order valence-corrected chi connectivity index (χ4v) is 3.14. The van der Waals surface area contributed by atoms with Crippen LogP contribution in [0, 0.1) is 6.92 Å². The standard InChI is InChI=1S/C22H19ClN4/c1-15-7-6-9-17(13-15)25-22-26-20-12-5-3-10-18(20)21(27-22)24-14-16-8-2-4-11-19(16)23/h2-13H,14H2,1H3,(H2,24,25,26,27). The van der Waals surface area contributed by atoms with E-state index in [0.717, 1.165) is 33.0 Å². The molecule has 2 N–H and O–H groups in total. The molecule has 1 aromatic heterocycles. The first-order valence-corrected chi connectivity index (χ1v) is 9.14. The molecular weight excluding hydrogens is 356 g/mol. The van der Waals surface area contributed by atoms with Crippen LogP contribution in [0.4, 0.5) is 17.5 Å². The normalized spacial score (nSPS) is 10.7. The average Bonchev–Trinajstić information content (AvgIpc) is 2.67. The number of nitrogens with zero attached hydrogens (tertiary/aromatic N) is 2. The molecule has 27 heavy (non-hydrogen) atoms. The Morgan fingerprint density at radius 3 is 2.56 bits per heavy atom. The lowest BCUT2D eigenvalue weighted by molar-refractivity contribution is 1.10. The van der Waals surface area contributed by atoms with E-state index in [4.69, 9.17) is 16.6 Å². The lowest BCUT2D eigenvalue weighted by atomic mass is 10.2. The first kappa shape index (κ1) is 17.3. The van der Waals surface area contributed by atoms with Gasteiger partial charge in [-0.2, -0.15) is 4.98 Å². The van der Waals surface area contributed by atoms with Crippen LogP contribution in [0.3, 0.4) is 0 Å². The van der Waals surface area contributed by atoms with Gasteiger partial charge in [0.15, 0.2) is 0 Å². The van der Waals surface area contributed by atoms with Crippen molar-refractivity contribution in [3.63, 3.8) is 0 Å². The molecule has 3 aromatic carbocycles. The van der Waals surface area contributed by atoms with Crippen molar-refractivity contribution in [1.29, 1.82) is 0 Å². The summed E-state index contributed by atoms with van der Waals surface area (Å²) < 4.78 is 0. The van der Waals surface area contributed by atoms with Crippen molar-refractivity contribution in [3.8, 4) is 0 Å². The smallest absolute Gasteiger partial charge is 0.229 e. The van der Waals surface area contributed by atoms with Crippen molar-refractivity contribution in [2.45, 2.75) is 13.5 Å². The van der Waals surface area contributed by atoms with Crippen molar-refractivity contribution < 1.29 is 0 Å². The number of anilines is 3. The minimum absolute atomic E-state index is 0.556. The molecule has 5 heteroatoms. The van der Waals surface area contributed by atoms with Crippen LogP contribution >= 0.6 is 11.6 Å². The number of nitrogens with one attached hydrogen (secondary N) is 2. The maximum atomic E-state index is 6.28. The van der Waals surface area contributed by atoms with Gasteiger partial charge in [0, 0.05) is 22.6 Å². The highest BCUT2D eigenvalue weighted by Gasteiger charge is 2.09. The first-order valence-electron chi connectivity index (χ1n) is 8.77. The number of aromatic nitrogens is 2. The molecule has 134 valence electrons. The van der Waals surface area contributed by atoms with Crippen LogP contribution < -0.4 is 10.6 Å². The molecule has 0 radical (unpaired) electrons. The second kappa shape index (κ2) is 7.64. The molecule has 0 bridgehead atoms. The number of aryl methyl sites for hydroxylation is 1. The van der Waals surface area contributed by atoms with Crippen LogP contribution in [-0.4, -0.2) is 9.97 Å². The summed E-state index contributed by atoms with van der Waals surface area (Å²) in [5.41, 5.74) is 4.04. The van der Waals surface area contributed by atoms with Gasteiger partial charge in [-0.15, -0.1) is 0 Å². The van der Waals surface area contributed by atoms with Crippen LogP contribution in [0.2, 0.25) is 5.02 Å². The molecule has 0 amide bonds. The highest BCUT2D eigenvalue weighted by molar-refractivity contribution is 6.31. The number of para-hydroxylation sites is 1. The second-order valence-corrected chi connectivity index (χ2v) is 6.76. The van der Waals surface area contributed by atoms with E-state index >= 15 is 0 Å². The van der Waals surface area contributed by atoms with E-state index < -0.39 is 0 Å². The molecular formula is C22H19ClN4. The Hall–Kier alpha value is -3.11. The first-order chi connectivity index (χ1) is 13.2. The third-order valence-corrected chi connectivity index (χ3v) is 4.65. The van der Waals surface area contributed by atoms with Crippen LogP contribution in [0.5, 0.6) is 0 Å². The largest absolute Gasteiger partial charge is 0.365 e. The van der Waals surface area contributed by atoms with Crippen LogP contribution in [0.15, 0.2) is 72.8 Å². The molecule has 0 fully saturated rings. The Kier molecular flexibility index (Phi) is 4.90. The van der Waals surface area contributed by atoms with E-state index in [0.29, 0.717) is 12.5 Å². The number of hydrogen-bond acceptors (Lipinski definition) is 4. The number of benzene rings is 3. The molecule has 0 atom stereocenters. The van der Waals surface area contributed by atoms with Gasteiger partial charge in [-0.3, -0.25) is 0 Å². The predicted octanol–water partition coefficient (Wildman–Crippen LogP) is 5.95. The monoisotopic (exact) mass is 374 g/mol. The predicted molar refractivity (Wildman–Crippen MR) is 113 cm³/mol. The van der Waals surface area contributed by atoms with Gasteiger partial charge < -0.3 is 10.6 Å². The molecule has 0 aliphatic carbocycles. The average molecular weight is 375 g/mol. The van der Waals surface area contributed by atoms with Crippen molar-refractivity contribution in [1.82, 2.24) is 9.97 Å². The highest BCUT2D eigenvalue weighted by atomic mass is 35.5. The zero-order valence-electron chi connectivity index (χ0n) is 14.9. The summed E-state index contributed by atoms with van der Waals surface area (Å²) >= 11 is 6.28. The summed E-state index contributed by atoms with van der Waals surface area (Å²) in [5.74, 6) is 1.33. The zero-order valence-corrected chi connectivity index (χ0v) is 15.7. The van der Waals surface area contributed by atoms with Gasteiger partial charge in [0.05, 0.1) is 5.52 Å². The van der Waals surface area contributed by atoms with E-state index in [-0.39, 0.29) is 0 Å². The third-order valence-electron chi connectivity index (χ3n) is 4.28. The van der Waals surface area contributed by atoms with E-state index in [2.05, 4.69) is 34.7 Å². The van der Waals surface area contributed by atoms with Crippen LogP contribution in [0.25, 0.3) is 10.9 Å². The molecule has 0 unspecified atom stereocenters. The second-order valence-electron chi connectivity index (χ2n) is 6.35. The Labute approximate surface area is 163 Å². The lowest BCUT2D eigenvalue weighted by Crippen LogP contribution is -2.06. The third kappa shape index (κ3) is 4.01. The zero-order chi connectivity index (χ0) is 18.6. The molecule has 0 saturated carbocycles. The molecule has 0 spiro atoms. The highest BCUT2D eigenvalue weighted by Crippen LogP contribution is 2.25. The van der Waals surface area contributed by atoms with Crippen LogP contribution in [0.1, 0.15) is 11.1 Å². The summed E-state index contributed by atoms with van der Waals surface area (Å²) in [7, 11) is 0. The maximum absolute atomic E-state index is 6.28. The van der Waals surface area contributed by atoms with E-state index in [1.807, 2.05) is 60.7 Å². The van der Waals surface area contributed by atoms with E-state index in [1.54, 1.807) is 0 Å². The van der Waals surface area contributed by atoms with Crippen LogP contribution in [-0.2, 0) is 6.54 Å². The molecule has 0 aliphatic heterocycles. The molecule has 1 heterocycles. The maximum Gasteiger partial charge on any atom is 0.229 e. The van der Waals surface area contributed by atoms with Gasteiger partial charge in [0.2, 0.25) is 5.95 Å². The Balaban J connectivity index is 1.67. The number of fused-ring (bicyclic) bond motifs is 1. The van der Waals surface area contributed by atoms with Crippen molar-refractivity contribution in [2.24, 2.45) is 0 Å². The topological polar surface area (TPSA) is 49.8 Å². The Bertz CT molecular complexity index is 1090. The Morgan fingerprint density at radius 2 is 1.70 bits per heavy atom. The fraction of sp³-hybridized carbons (Fsp3) is 0.0909. The molecule has 0 aliphatic rings. The van der Waals surface area contributed by atoms with Gasteiger partial charge >= 0.3 is 0 Å². The number of halogens is 1. The molecule has 4 aromatic rings. The number of rotatable bonds is 5. The summed E-state index contributed by atoms with van der Waals surface area (Å²) in [6.07, 6.45) is 0. The number of hydrogen-bond donors (Lipinski definition) is 2. The van der Waals surface area contributed by atoms with Crippen molar-refractivity contribution >= 4 is 40.0 Å².